The monoisotopic (exact) mass is 1040 g/mol. The molecule has 0 radical (unpaired) electrons. The Hall–Kier alpha value is -3.17. The summed E-state index contributed by atoms with van der Waals surface area (Å²) in [6.45, 7) is -0.181. The first-order chi connectivity index (χ1) is 28.3. The molecule has 0 unspecified atom stereocenters. The summed E-state index contributed by atoms with van der Waals surface area (Å²) in [4.78, 5) is 33.3. The van der Waals surface area contributed by atoms with Gasteiger partial charge in [-0.1, -0.05) is 78.1 Å². The molecule has 3 heterocycles. The first kappa shape index (κ1) is 56.8. The predicted octanol–water partition coefficient (Wildman–Crippen LogP) is 3.50. The molecule has 0 saturated heterocycles. The van der Waals surface area contributed by atoms with Crippen LogP contribution in [0.15, 0.2) is 154 Å². The van der Waals surface area contributed by atoms with Crippen LogP contribution in [0, 0.1) is 34.0 Å². The van der Waals surface area contributed by atoms with Crippen LogP contribution in [-0.4, -0.2) is 39.9 Å². The van der Waals surface area contributed by atoms with E-state index < -0.39 is 0 Å². The fourth-order valence-electron chi connectivity index (χ4n) is 4.63. The van der Waals surface area contributed by atoms with Crippen LogP contribution in [-0.2, 0) is 16.1 Å². The van der Waals surface area contributed by atoms with Crippen molar-refractivity contribution in [2.45, 2.75) is 6.42 Å². The predicted molar refractivity (Wildman–Crippen MR) is 233 cm³/mol. The second-order valence-electron chi connectivity index (χ2n) is 10.8. The number of aliphatic hydroxyl groups excluding tert-OH is 1. The van der Waals surface area contributed by atoms with E-state index in [0.717, 1.165) is 65.0 Å². The molecule has 4 aromatic carbocycles. The minimum atomic E-state index is -0.181. The van der Waals surface area contributed by atoms with E-state index in [-0.39, 0.29) is 111 Å². The van der Waals surface area contributed by atoms with Crippen molar-refractivity contribution >= 4 is 93.7 Å². The van der Waals surface area contributed by atoms with Crippen LogP contribution in [0.1, 0.15) is 34.0 Å². The summed E-state index contributed by atoms with van der Waals surface area (Å²) >= 11 is 10.1. The van der Waals surface area contributed by atoms with E-state index in [4.69, 9.17) is 25.7 Å². The summed E-state index contributed by atoms with van der Waals surface area (Å²) in [5.41, 5.74) is 4.93. The number of halogens is 3. The Morgan fingerprint density at radius 1 is 0.700 bits per heavy atom. The number of nitriles is 3. The number of nitrogens with zero attached hydrogens (tertiary/aromatic N) is 6. The number of allylic oxidation sites excluding steroid dienone is 1. The molecule has 60 heavy (non-hydrogen) atoms. The second-order valence-corrected chi connectivity index (χ2v) is 13.6. The molecule has 0 amide bonds. The summed E-state index contributed by atoms with van der Waals surface area (Å²) in [5, 5.41) is 46.1. The van der Waals surface area contributed by atoms with Crippen LogP contribution in [0.3, 0.4) is 0 Å². The molecule has 11 nitrogen and oxygen atoms in total. The van der Waals surface area contributed by atoms with Crippen molar-refractivity contribution in [3.05, 3.63) is 182 Å². The van der Waals surface area contributed by atoms with Gasteiger partial charge in [-0.25, -0.2) is 0 Å². The van der Waals surface area contributed by atoms with Crippen molar-refractivity contribution in [1.29, 1.82) is 15.8 Å². The van der Waals surface area contributed by atoms with Gasteiger partial charge in [0.1, 0.15) is 6.29 Å². The van der Waals surface area contributed by atoms with E-state index in [0.29, 0.717) is 23.1 Å². The number of aldehydes is 1. The van der Waals surface area contributed by atoms with Crippen LogP contribution >= 0.6 is 47.8 Å². The van der Waals surface area contributed by atoms with E-state index >= 15 is 0 Å². The number of aliphatic hydroxyl groups is 1. The summed E-state index contributed by atoms with van der Waals surface area (Å²) in [6.07, 6.45) is 13.4. The van der Waals surface area contributed by atoms with Crippen molar-refractivity contribution in [3.63, 3.8) is 0 Å². The zero-order valence-corrected chi connectivity index (χ0v) is 43.6. The van der Waals surface area contributed by atoms with E-state index in [2.05, 4.69) is 91.9 Å². The van der Waals surface area contributed by atoms with Gasteiger partial charge in [-0.3, -0.25) is 24.5 Å². The summed E-state index contributed by atoms with van der Waals surface area (Å²) in [6, 6.07) is 38.7. The van der Waals surface area contributed by atoms with Crippen LogP contribution in [0.5, 0.6) is 0 Å². The molecule has 0 aliphatic heterocycles. The van der Waals surface area contributed by atoms with Crippen molar-refractivity contribution in [2.24, 2.45) is 0 Å². The first-order valence-corrected chi connectivity index (χ1v) is 18.9. The first-order valence-electron chi connectivity index (χ1n) is 16.5. The smallest absolute Gasteiger partial charge is 1.00 e. The number of carbonyl (C=O) groups excluding carboxylic acids is 2. The standard InChI is InChI=1S/C14H7BrN2.C14H9BrN2.C7H5BrO.C7H6N2.CH2O3.CH4O.2K.H/c15-11-2-1-9-5-10(7-16)12-3-4-17-8-14(12)13(9)6-11;15-14-3-1-11(2-4-14)9-13(10-16)12-5-7-17-8-6-12;8-7-3-1-6(5-9)2-4-7;8-4-1-7-2-5-9-6-3-7;2-1-4-3;1-2;;;/h1-6,8H;1-9H;1-5H;2-3,5-6H,1H2;1,3H;2H,1H3;;;/q;;;;;;2*+1;-1/p-1/b;13-9+;;;;;;;. The Morgan fingerprint density at radius 2 is 1.22 bits per heavy atom. The molecule has 0 atom stereocenters. The summed E-state index contributed by atoms with van der Waals surface area (Å²) < 4.78 is 3.05. The number of hydrogen-bond donors (Lipinski definition) is 1. The summed E-state index contributed by atoms with van der Waals surface area (Å²) in [5.74, 6) is 0. The topological polar surface area (TPSA) is 197 Å². The number of pyridine rings is 3. The minimum Gasteiger partial charge on any atom is -1.00 e. The molecule has 1 N–H and O–H groups in total. The van der Waals surface area contributed by atoms with Gasteiger partial charge in [0, 0.05) is 74.0 Å². The van der Waals surface area contributed by atoms with E-state index in [9.17, 15) is 10.1 Å². The molecule has 0 fully saturated rings. The Morgan fingerprint density at radius 3 is 1.72 bits per heavy atom. The molecule has 0 saturated carbocycles. The SMILES string of the molecule is CO.N#C/C(=C\c1ccc(Br)cc1)c1ccncc1.N#CCc1ccncc1.N#Cc1cc2ccc(Br)cc2c2cnccc12.O=CO[O-].O=Cc1ccc(Br)cc1.[H-].[K+].[K+]. The van der Waals surface area contributed by atoms with Crippen molar-refractivity contribution in [3.8, 4) is 18.2 Å². The number of fused-ring (bicyclic) bond motifs is 3. The third kappa shape index (κ3) is 21.1. The maximum absolute atomic E-state index is 10.1. The van der Waals surface area contributed by atoms with Gasteiger partial charge >= 0.3 is 103 Å². The second kappa shape index (κ2) is 34.4. The largest absolute Gasteiger partial charge is 1.00 e. The van der Waals surface area contributed by atoms with Gasteiger partial charge in [0.15, 0.2) is 0 Å². The van der Waals surface area contributed by atoms with Gasteiger partial charge in [-0.05, 0) is 106 Å². The normalized spacial score (nSPS) is 9.15. The molecule has 0 bridgehead atoms. The number of rotatable bonds is 5. The molecular weight excluding hydrogens is 1010 g/mol. The van der Waals surface area contributed by atoms with Gasteiger partial charge in [0.2, 0.25) is 0 Å². The van der Waals surface area contributed by atoms with Gasteiger partial charge in [-0.15, -0.1) is 0 Å². The summed E-state index contributed by atoms with van der Waals surface area (Å²) in [7, 11) is 1.00. The van der Waals surface area contributed by atoms with Crippen LogP contribution in [0.4, 0.5) is 0 Å². The molecule has 16 heteroatoms. The average Bonchev–Trinajstić information content (AvgIpc) is 3.28. The molecule has 0 aliphatic carbocycles. The minimum absolute atomic E-state index is 0. The maximum atomic E-state index is 10.1. The third-order valence-corrected chi connectivity index (χ3v) is 8.76. The molecule has 0 spiro atoms. The molecule has 3 aromatic heterocycles. The Kier molecular flexibility index (Phi) is 32.6. The van der Waals surface area contributed by atoms with Gasteiger partial charge in [0.25, 0.3) is 6.47 Å². The van der Waals surface area contributed by atoms with E-state index in [1.807, 2.05) is 97.2 Å². The number of benzene rings is 4. The molecule has 292 valence electrons. The number of hydrogen-bond acceptors (Lipinski definition) is 11. The Balaban J connectivity index is 0. The Bertz CT molecular complexity index is 2510. The Labute approximate surface area is 459 Å². The van der Waals surface area contributed by atoms with Crippen LogP contribution in [0.25, 0.3) is 33.2 Å². The fraction of sp³-hybridized carbons (Fsp3) is 0.0455. The fourth-order valence-corrected chi connectivity index (χ4v) is 5.52. The third-order valence-electron chi connectivity index (χ3n) is 7.21. The van der Waals surface area contributed by atoms with Crippen molar-refractivity contribution in [2.75, 3.05) is 7.11 Å². The van der Waals surface area contributed by atoms with Gasteiger partial charge < -0.3 is 16.7 Å². The molecule has 7 aromatic rings. The number of aromatic nitrogens is 3. The van der Waals surface area contributed by atoms with Crippen molar-refractivity contribution in [1.82, 2.24) is 15.0 Å². The molecule has 7 rings (SSSR count). The number of carbonyl (C=O) groups is 2. The maximum Gasteiger partial charge on any atom is 1.00 e. The zero-order valence-electron chi connectivity index (χ0n) is 33.6. The van der Waals surface area contributed by atoms with Crippen LogP contribution < -0.4 is 108 Å². The van der Waals surface area contributed by atoms with Gasteiger partial charge in [0.05, 0.1) is 35.8 Å². The van der Waals surface area contributed by atoms with E-state index in [1.54, 1.807) is 43.1 Å². The average molecular weight is 1040 g/mol. The zero-order chi connectivity index (χ0) is 42.5. The quantitative estimate of drug-likeness (QED) is 0.0662. The molecule has 0 aliphatic rings. The van der Waals surface area contributed by atoms with Crippen LogP contribution in [0.2, 0.25) is 0 Å². The van der Waals surface area contributed by atoms with E-state index in [1.165, 1.54) is 0 Å². The van der Waals surface area contributed by atoms with Gasteiger partial charge in [-0.2, -0.15) is 15.8 Å². The van der Waals surface area contributed by atoms with Crippen molar-refractivity contribution < 1.29 is 129 Å². The molecular formula is C44H33Br3K2N6O5.